The number of nitrogens with zero attached hydrogens (tertiary/aromatic N) is 2. The van der Waals surface area contributed by atoms with Crippen LogP contribution < -0.4 is 10.2 Å². The summed E-state index contributed by atoms with van der Waals surface area (Å²) >= 11 is 0. The van der Waals surface area contributed by atoms with Crippen LogP contribution in [0.4, 0.5) is 24.5 Å². The fraction of sp³-hybridized carbons (Fsp3) is 0.118. The molecule has 42 heavy (non-hydrogen) atoms. The standard InChI is InChI=1S/C34H28F3N3O2/c1-22-30(38-32(41)29-12-8-7-11-28(29)25-13-17-26(18-14-25)34(35,36)37)21-39(2)31(22)33(42)40(3)27-19-15-24(16-20-27)23-9-5-4-6-10-23/h4-21H,1-3H3,(H,38,41). The predicted molar refractivity (Wildman–Crippen MR) is 160 cm³/mol. The highest BCUT2D eigenvalue weighted by atomic mass is 19.4. The smallest absolute Gasteiger partial charge is 0.344 e. The number of carbonyl (C=O) groups is 2. The van der Waals surface area contributed by atoms with Crippen molar-refractivity contribution in [1.29, 1.82) is 0 Å². The van der Waals surface area contributed by atoms with Crippen molar-refractivity contribution in [3.05, 3.63) is 132 Å². The Morgan fingerprint density at radius 3 is 1.98 bits per heavy atom. The van der Waals surface area contributed by atoms with Gasteiger partial charge in [0.1, 0.15) is 5.69 Å². The number of halogens is 3. The van der Waals surface area contributed by atoms with E-state index in [0.29, 0.717) is 33.6 Å². The molecule has 4 aromatic carbocycles. The molecule has 212 valence electrons. The zero-order valence-corrected chi connectivity index (χ0v) is 23.2. The lowest BCUT2D eigenvalue weighted by molar-refractivity contribution is -0.137. The van der Waals surface area contributed by atoms with Gasteiger partial charge in [0.25, 0.3) is 11.8 Å². The minimum Gasteiger partial charge on any atom is -0.344 e. The molecule has 5 nitrogen and oxygen atoms in total. The molecule has 0 aliphatic rings. The Balaban J connectivity index is 1.36. The molecular formula is C34H28F3N3O2. The van der Waals surface area contributed by atoms with Crippen molar-refractivity contribution < 1.29 is 22.8 Å². The number of carbonyl (C=O) groups excluding carboxylic acids is 2. The van der Waals surface area contributed by atoms with Gasteiger partial charge in [-0.15, -0.1) is 0 Å². The summed E-state index contributed by atoms with van der Waals surface area (Å²) in [7, 11) is 3.43. The second-order valence-corrected chi connectivity index (χ2v) is 9.98. The molecule has 0 aliphatic carbocycles. The highest BCUT2D eigenvalue weighted by Gasteiger charge is 2.30. The van der Waals surface area contributed by atoms with Crippen LogP contribution in [-0.2, 0) is 13.2 Å². The number of nitrogens with one attached hydrogen (secondary N) is 1. The Bertz CT molecular complexity index is 1740. The number of hydrogen-bond donors (Lipinski definition) is 1. The molecule has 5 aromatic rings. The van der Waals surface area contributed by atoms with E-state index in [9.17, 15) is 22.8 Å². The topological polar surface area (TPSA) is 54.3 Å². The van der Waals surface area contributed by atoms with E-state index in [1.807, 2.05) is 54.6 Å². The highest BCUT2D eigenvalue weighted by molar-refractivity contribution is 6.11. The molecule has 0 radical (unpaired) electrons. The van der Waals surface area contributed by atoms with Gasteiger partial charge in [0.05, 0.1) is 11.3 Å². The molecule has 0 unspecified atom stereocenters. The number of rotatable bonds is 6. The summed E-state index contributed by atoms with van der Waals surface area (Å²) in [5, 5.41) is 2.88. The van der Waals surface area contributed by atoms with Crippen molar-refractivity contribution in [2.45, 2.75) is 13.1 Å². The molecule has 8 heteroatoms. The van der Waals surface area contributed by atoms with Crippen molar-refractivity contribution in [3.63, 3.8) is 0 Å². The van der Waals surface area contributed by atoms with E-state index in [4.69, 9.17) is 0 Å². The third-order valence-electron chi connectivity index (χ3n) is 7.25. The molecule has 1 heterocycles. The second kappa shape index (κ2) is 11.4. The summed E-state index contributed by atoms with van der Waals surface area (Å²) in [5.41, 5.74) is 4.81. The average Bonchev–Trinajstić information content (AvgIpc) is 3.28. The van der Waals surface area contributed by atoms with Gasteiger partial charge < -0.3 is 14.8 Å². The average molecular weight is 568 g/mol. The Morgan fingerprint density at radius 2 is 1.33 bits per heavy atom. The van der Waals surface area contributed by atoms with Gasteiger partial charge in [0.15, 0.2) is 0 Å². The molecule has 0 spiro atoms. The summed E-state index contributed by atoms with van der Waals surface area (Å²) in [4.78, 5) is 28.5. The van der Waals surface area contributed by atoms with Crippen molar-refractivity contribution in [2.75, 3.05) is 17.3 Å². The van der Waals surface area contributed by atoms with Crippen LogP contribution in [0.2, 0.25) is 0 Å². The first-order chi connectivity index (χ1) is 20.0. The van der Waals surface area contributed by atoms with Crippen LogP contribution in [0.5, 0.6) is 0 Å². The fourth-order valence-electron chi connectivity index (χ4n) is 4.93. The number of benzene rings is 4. The van der Waals surface area contributed by atoms with Crippen LogP contribution in [0.15, 0.2) is 109 Å². The maximum Gasteiger partial charge on any atom is 0.416 e. The summed E-state index contributed by atoms with van der Waals surface area (Å²) in [5.74, 6) is -0.684. The lowest BCUT2D eigenvalue weighted by Crippen LogP contribution is -2.28. The van der Waals surface area contributed by atoms with E-state index in [1.54, 1.807) is 60.9 Å². The Hall–Kier alpha value is -5.11. The SMILES string of the molecule is Cc1c(NC(=O)c2ccccc2-c2ccc(C(F)(F)F)cc2)cn(C)c1C(=O)N(C)c1ccc(-c2ccccc2)cc1. The summed E-state index contributed by atoms with van der Waals surface area (Å²) < 4.78 is 40.8. The monoisotopic (exact) mass is 567 g/mol. The summed E-state index contributed by atoms with van der Waals surface area (Å²) in [6.07, 6.45) is -2.78. The van der Waals surface area contributed by atoms with Crippen LogP contribution in [0.3, 0.4) is 0 Å². The maximum atomic E-state index is 13.6. The minimum absolute atomic E-state index is 0.242. The van der Waals surface area contributed by atoms with Crippen LogP contribution in [-0.4, -0.2) is 23.4 Å². The number of amides is 2. The van der Waals surface area contributed by atoms with Crippen molar-refractivity contribution in [2.24, 2.45) is 7.05 Å². The Kier molecular flexibility index (Phi) is 7.72. The van der Waals surface area contributed by atoms with Gasteiger partial charge in [-0.3, -0.25) is 9.59 Å². The molecule has 0 atom stereocenters. The second-order valence-electron chi connectivity index (χ2n) is 9.98. The zero-order chi connectivity index (χ0) is 30.0. The van der Waals surface area contributed by atoms with E-state index in [1.165, 1.54) is 12.1 Å². The van der Waals surface area contributed by atoms with Gasteiger partial charge in [-0.2, -0.15) is 13.2 Å². The van der Waals surface area contributed by atoms with Crippen molar-refractivity contribution in [3.8, 4) is 22.3 Å². The number of hydrogen-bond acceptors (Lipinski definition) is 2. The number of aromatic nitrogens is 1. The minimum atomic E-state index is -4.45. The normalized spacial score (nSPS) is 11.3. The van der Waals surface area contributed by atoms with Crippen LogP contribution in [0.25, 0.3) is 22.3 Å². The van der Waals surface area contributed by atoms with Gasteiger partial charge in [-0.25, -0.2) is 0 Å². The number of anilines is 2. The molecule has 0 bridgehead atoms. The first-order valence-electron chi connectivity index (χ1n) is 13.2. The quantitative estimate of drug-likeness (QED) is 0.225. The van der Waals surface area contributed by atoms with Gasteiger partial charge in [0, 0.05) is 37.1 Å². The summed E-state index contributed by atoms with van der Waals surface area (Å²) in [6.45, 7) is 1.76. The Labute approximate surface area is 241 Å². The third-order valence-corrected chi connectivity index (χ3v) is 7.25. The molecular weight excluding hydrogens is 539 g/mol. The fourth-order valence-corrected chi connectivity index (χ4v) is 4.93. The highest BCUT2D eigenvalue weighted by Crippen LogP contribution is 2.33. The molecule has 0 aliphatic heterocycles. The first kappa shape index (κ1) is 28.4. The lowest BCUT2D eigenvalue weighted by Gasteiger charge is -2.19. The molecule has 2 amide bonds. The van der Waals surface area contributed by atoms with Gasteiger partial charge in [-0.1, -0.05) is 72.8 Å². The lowest BCUT2D eigenvalue weighted by atomic mass is 9.98. The van der Waals surface area contributed by atoms with E-state index >= 15 is 0 Å². The van der Waals surface area contributed by atoms with Gasteiger partial charge in [0.2, 0.25) is 0 Å². The first-order valence-corrected chi connectivity index (χ1v) is 13.2. The van der Waals surface area contributed by atoms with E-state index in [0.717, 1.165) is 28.9 Å². The largest absolute Gasteiger partial charge is 0.416 e. The van der Waals surface area contributed by atoms with Gasteiger partial charge in [-0.05, 0) is 59.5 Å². The van der Waals surface area contributed by atoms with E-state index < -0.39 is 17.6 Å². The molecule has 0 saturated carbocycles. The third kappa shape index (κ3) is 5.69. The predicted octanol–water partition coefficient (Wildman–Crippen LogP) is 8.22. The molecule has 1 aromatic heterocycles. The van der Waals surface area contributed by atoms with E-state index in [2.05, 4.69) is 5.32 Å². The molecule has 0 fully saturated rings. The molecule has 1 N–H and O–H groups in total. The summed E-state index contributed by atoms with van der Waals surface area (Å²) in [6, 6.07) is 29.0. The van der Waals surface area contributed by atoms with Crippen LogP contribution in [0, 0.1) is 6.92 Å². The molecule has 0 saturated heterocycles. The number of alkyl halides is 3. The Morgan fingerprint density at radius 1 is 0.762 bits per heavy atom. The van der Waals surface area contributed by atoms with Crippen LogP contribution in [0.1, 0.15) is 32.0 Å². The van der Waals surface area contributed by atoms with Gasteiger partial charge >= 0.3 is 6.18 Å². The molecule has 5 rings (SSSR count). The van der Waals surface area contributed by atoms with Crippen molar-refractivity contribution in [1.82, 2.24) is 4.57 Å². The number of aryl methyl sites for hydroxylation is 1. The van der Waals surface area contributed by atoms with E-state index in [-0.39, 0.29) is 5.91 Å². The van der Waals surface area contributed by atoms with Crippen molar-refractivity contribution >= 4 is 23.2 Å². The van der Waals surface area contributed by atoms with Crippen LogP contribution >= 0.6 is 0 Å². The maximum absolute atomic E-state index is 13.6. The zero-order valence-electron chi connectivity index (χ0n) is 23.2.